The zero-order valence-electron chi connectivity index (χ0n) is 8.54. The van der Waals surface area contributed by atoms with E-state index in [0.29, 0.717) is 0 Å². The fourth-order valence-corrected chi connectivity index (χ4v) is 3.13. The van der Waals surface area contributed by atoms with E-state index < -0.39 is 0 Å². The standard InChI is InChI=1S/C9H9N5S2/c1-2-7-11-12-9-14(7)13-8(16-9)5-3-4-6(10)15-5/h3-4H,2,10H2,1H3. The number of nitrogens with zero attached hydrogens (tertiary/aromatic N) is 4. The smallest absolute Gasteiger partial charge is 0.235 e. The van der Waals surface area contributed by atoms with Crippen LogP contribution in [0.1, 0.15) is 12.7 Å². The first-order valence-corrected chi connectivity index (χ1v) is 6.48. The maximum Gasteiger partial charge on any atom is 0.235 e. The molecule has 0 aliphatic heterocycles. The molecule has 5 nitrogen and oxygen atoms in total. The third kappa shape index (κ3) is 1.40. The minimum Gasteiger partial charge on any atom is -0.391 e. The molecule has 0 unspecified atom stereocenters. The van der Waals surface area contributed by atoms with Crippen molar-refractivity contribution in [1.29, 1.82) is 0 Å². The predicted molar refractivity (Wildman–Crippen MR) is 65.8 cm³/mol. The van der Waals surface area contributed by atoms with Crippen molar-refractivity contribution in [2.24, 2.45) is 0 Å². The quantitative estimate of drug-likeness (QED) is 0.757. The number of aryl methyl sites for hydroxylation is 1. The molecule has 0 atom stereocenters. The number of hydrogen-bond acceptors (Lipinski definition) is 6. The average molecular weight is 251 g/mol. The summed E-state index contributed by atoms with van der Waals surface area (Å²) in [6.45, 7) is 2.04. The third-order valence-electron chi connectivity index (χ3n) is 2.21. The fraction of sp³-hybridized carbons (Fsp3) is 0.222. The summed E-state index contributed by atoms with van der Waals surface area (Å²) in [5.41, 5.74) is 5.70. The number of thiophene rings is 1. The van der Waals surface area contributed by atoms with Crippen LogP contribution in [0.25, 0.3) is 14.8 Å². The van der Waals surface area contributed by atoms with Gasteiger partial charge in [0.15, 0.2) is 10.8 Å². The van der Waals surface area contributed by atoms with Gasteiger partial charge in [0.1, 0.15) is 0 Å². The van der Waals surface area contributed by atoms with E-state index in [0.717, 1.165) is 32.1 Å². The number of hydrogen-bond donors (Lipinski definition) is 1. The minimum atomic E-state index is 0.802. The Morgan fingerprint density at radius 3 is 2.88 bits per heavy atom. The summed E-state index contributed by atoms with van der Waals surface area (Å²) in [6, 6.07) is 3.88. The molecule has 0 saturated heterocycles. The van der Waals surface area contributed by atoms with Crippen molar-refractivity contribution in [3.63, 3.8) is 0 Å². The van der Waals surface area contributed by atoms with Crippen LogP contribution in [-0.2, 0) is 6.42 Å². The summed E-state index contributed by atoms with van der Waals surface area (Å²) in [5.74, 6) is 0.891. The van der Waals surface area contributed by atoms with Crippen LogP contribution in [0.3, 0.4) is 0 Å². The van der Waals surface area contributed by atoms with Gasteiger partial charge in [-0.05, 0) is 12.1 Å². The summed E-state index contributed by atoms with van der Waals surface area (Å²) in [4.78, 5) is 1.91. The van der Waals surface area contributed by atoms with Gasteiger partial charge in [-0.25, -0.2) is 0 Å². The molecular formula is C9H9N5S2. The van der Waals surface area contributed by atoms with Crippen LogP contribution in [0.15, 0.2) is 12.1 Å². The molecule has 0 amide bonds. The molecule has 0 spiro atoms. The minimum absolute atomic E-state index is 0.802. The van der Waals surface area contributed by atoms with Crippen molar-refractivity contribution in [2.75, 3.05) is 5.73 Å². The van der Waals surface area contributed by atoms with Gasteiger partial charge in [-0.15, -0.1) is 21.5 Å². The first-order valence-electron chi connectivity index (χ1n) is 4.84. The number of nitrogens with two attached hydrogens (primary N) is 1. The Morgan fingerprint density at radius 2 is 2.19 bits per heavy atom. The largest absolute Gasteiger partial charge is 0.391 e. The van der Waals surface area contributed by atoms with Gasteiger partial charge in [0.2, 0.25) is 4.96 Å². The number of aromatic nitrogens is 4. The molecule has 0 aliphatic rings. The maximum absolute atomic E-state index is 5.70. The Morgan fingerprint density at radius 1 is 1.31 bits per heavy atom. The second kappa shape index (κ2) is 3.53. The van der Waals surface area contributed by atoms with Gasteiger partial charge in [-0.1, -0.05) is 18.3 Å². The normalized spacial score (nSPS) is 11.3. The molecule has 0 bridgehead atoms. The summed E-state index contributed by atoms with van der Waals surface area (Å²) >= 11 is 3.07. The highest BCUT2D eigenvalue weighted by Crippen LogP contribution is 2.32. The van der Waals surface area contributed by atoms with Crippen LogP contribution in [0.5, 0.6) is 0 Å². The molecule has 3 aromatic heterocycles. The topological polar surface area (TPSA) is 69.1 Å². The molecule has 0 aromatic carbocycles. The van der Waals surface area contributed by atoms with E-state index in [-0.39, 0.29) is 0 Å². The van der Waals surface area contributed by atoms with Crippen molar-refractivity contribution < 1.29 is 0 Å². The van der Waals surface area contributed by atoms with E-state index in [2.05, 4.69) is 15.3 Å². The highest BCUT2D eigenvalue weighted by Gasteiger charge is 2.12. The Bertz CT molecular complexity index is 635. The van der Waals surface area contributed by atoms with Crippen LogP contribution >= 0.6 is 22.7 Å². The average Bonchev–Trinajstić information content (AvgIpc) is 2.90. The summed E-state index contributed by atoms with van der Waals surface area (Å²) in [5, 5.41) is 14.4. The highest BCUT2D eigenvalue weighted by atomic mass is 32.1. The molecule has 7 heteroatoms. The van der Waals surface area contributed by atoms with Crippen molar-refractivity contribution in [2.45, 2.75) is 13.3 Å². The van der Waals surface area contributed by atoms with E-state index in [1.807, 2.05) is 19.1 Å². The molecule has 0 aliphatic carbocycles. The van der Waals surface area contributed by atoms with Gasteiger partial charge < -0.3 is 5.73 Å². The first kappa shape index (κ1) is 9.73. The SMILES string of the molecule is CCc1nnc2sc(-c3ccc(N)s3)nn12. The van der Waals surface area contributed by atoms with Crippen LogP contribution < -0.4 is 5.73 Å². The van der Waals surface area contributed by atoms with Gasteiger partial charge in [0.25, 0.3) is 0 Å². The van der Waals surface area contributed by atoms with Gasteiger partial charge in [0.05, 0.1) is 9.88 Å². The molecule has 3 heterocycles. The third-order valence-corrected chi connectivity index (χ3v) is 4.19. The Kier molecular flexibility index (Phi) is 2.15. The second-order valence-electron chi connectivity index (χ2n) is 3.27. The van der Waals surface area contributed by atoms with E-state index >= 15 is 0 Å². The van der Waals surface area contributed by atoms with Crippen molar-refractivity contribution >= 4 is 32.6 Å². The number of fused-ring (bicyclic) bond motifs is 1. The Hall–Kier alpha value is -1.47. The van der Waals surface area contributed by atoms with E-state index in [9.17, 15) is 0 Å². The molecule has 16 heavy (non-hydrogen) atoms. The lowest BCUT2D eigenvalue weighted by Crippen LogP contribution is -1.92. The molecule has 3 aromatic rings. The molecule has 2 N–H and O–H groups in total. The second-order valence-corrected chi connectivity index (χ2v) is 5.34. The first-order chi connectivity index (χ1) is 7.78. The van der Waals surface area contributed by atoms with Crippen LogP contribution in [0, 0.1) is 0 Å². The highest BCUT2D eigenvalue weighted by molar-refractivity contribution is 7.25. The van der Waals surface area contributed by atoms with Gasteiger partial charge in [-0.3, -0.25) is 0 Å². The molecule has 3 rings (SSSR count). The molecule has 0 saturated carbocycles. The van der Waals surface area contributed by atoms with Crippen molar-refractivity contribution in [3.05, 3.63) is 18.0 Å². The summed E-state index contributed by atoms with van der Waals surface area (Å²) in [7, 11) is 0. The Balaban J connectivity index is 2.15. The lowest BCUT2D eigenvalue weighted by Gasteiger charge is -1.88. The van der Waals surface area contributed by atoms with Crippen molar-refractivity contribution in [3.8, 4) is 9.88 Å². The van der Waals surface area contributed by atoms with E-state index in [1.54, 1.807) is 4.52 Å². The number of nitrogen functional groups attached to an aromatic ring is 1. The molecule has 0 radical (unpaired) electrons. The number of anilines is 1. The maximum atomic E-state index is 5.70. The van der Waals surface area contributed by atoms with Gasteiger partial charge in [-0.2, -0.15) is 9.61 Å². The van der Waals surface area contributed by atoms with Gasteiger partial charge >= 0.3 is 0 Å². The number of rotatable bonds is 2. The lowest BCUT2D eigenvalue weighted by atomic mass is 10.5. The van der Waals surface area contributed by atoms with Gasteiger partial charge in [0, 0.05) is 6.42 Å². The molecular weight excluding hydrogens is 242 g/mol. The van der Waals surface area contributed by atoms with E-state index in [4.69, 9.17) is 5.73 Å². The monoisotopic (exact) mass is 251 g/mol. The summed E-state index contributed by atoms with van der Waals surface area (Å²) in [6.07, 6.45) is 0.830. The zero-order chi connectivity index (χ0) is 11.1. The zero-order valence-corrected chi connectivity index (χ0v) is 10.2. The van der Waals surface area contributed by atoms with E-state index in [1.165, 1.54) is 22.7 Å². The lowest BCUT2D eigenvalue weighted by molar-refractivity contribution is 0.838. The fourth-order valence-electron chi connectivity index (χ4n) is 1.45. The Labute approximate surface area is 99.6 Å². The molecule has 82 valence electrons. The van der Waals surface area contributed by atoms with Crippen LogP contribution in [-0.4, -0.2) is 19.8 Å². The van der Waals surface area contributed by atoms with Crippen LogP contribution in [0.2, 0.25) is 0 Å². The van der Waals surface area contributed by atoms with Crippen molar-refractivity contribution in [1.82, 2.24) is 19.8 Å². The summed E-state index contributed by atoms with van der Waals surface area (Å²) < 4.78 is 1.80. The molecule has 0 fully saturated rings. The predicted octanol–water partition coefficient (Wildman–Crippen LogP) is 2.06. The van der Waals surface area contributed by atoms with Crippen LogP contribution in [0.4, 0.5) is 5.00 Å².